The van der Waals surface area contributed by atoms with Crippen molar-refractivity contribution in [1.82, 2.24) is 4.90 Å². The minimum atomic E-state index is -1.04. The van der Waals surface area contributed by atoms with E-state index < -0.39 is 18.2 Å². The first kappa shape index (κ1) is 19.9. The molecule has 0 radical (unpaired) electrons. The minimum absolute atomic E-state index is 0.120. The summed E-state index contributed by atoms with van der Waals surface area (Å²) in [6.07, 6.45) is -1.29. The molecule has 2 aromatic carbocycles. The van der Waals surface area contributed by atoms with Crippen LogP contribution in [-0.2, 0) is 4.79 Å². The molecule has 0 saturated carbocycles. The monoisotopic (exact) mass is 384 g/mol. The Morgan fingerprint density at radius 1 is 1.14 bits per heavy atom. The highest BCUT2D eigenvalue weighted by atomic mass is 16.5. The Labute approximate surface area is 163 Å². The first-order chi connectivity index (χ1) is 13.3. The van der Waals surface area contributed by atoms with Crippen LogP contribution >= 0.6 is 0 Å². The van der Waals surface area contributed by atoms with E-state index in [2.05, 4.69) is 5.32 Å². The first-order valence-corrected chi connectivity index (χ1v) is 9.10. The number of anilines is 1. The van der Waals surface area contributed by atoms with E-state index in [1.165, 1.54) is 12.1 Å². The van der Waals surface area contributed by atoms with Gasteiger partial charge < -0.3 is 20.3 Å². The van der Waals surface area contributed by atoms with Crippen molar-refractivity contribution in [2.24, 2.45) is 0 Å². The summed E-state index contributed by atoms with van der Waals surface area (Å²) in [6.45, 7) is 4.70. The fraction of sp³-hybridized carbons (Fsp3) is 0.333. The van der Waals surface area contributed by atoms with Crippen LogP contribution in [0.25, 0.3) is 0 Å². The van der Waals surface area contributed by atoms with Gasteiger partial charge in [-0.05, 0) is 43.2 Å². The number of carbonyl (C=O) groups is 2. The van der Waals surface area contributed by atoms with E-state index in [1.54, 1.807) is 12.1 Å². The lowest BCUT2D eigenvalue weighted by molar-refractivity contribution is -0.117. The second-order valence-corrected chi connectivity index (χ2v) is 7.07. The molecule has 2 atom stereocenters. The van der Waals surface area contributed by atoms with Crippen molar-refractivity contribution in [3.63, 3.8) is 0 Å². The molecule has 0 bridgehead atoms. The SMILES string of the molecule is Cc1cccc(C)c1NC(=O)CN1C[C@@H](O)[C@H](Oc2cccc(C(=O)O)c2)C1. The molecule has 2 aromatic rings. The Kier molecular flexibility index (Phi) is 5.96. The molecule has 28 heavy (non-hydrogen) atoms. The average molecular weight is 384 g/mol. The number of hydrogen-bond acceptors (Lipinski definition) is 5. The van der Waals surface area contributed by atoms with Gasteiger partial charge in [-0.2, -0.15) is 0 Å². The summed E-state index contributed by atoms with van der Waals surface area (Å²) < 4.78 is 5.76. The van der Waals surface area contributed by atoms with Crippen LogP contribution in [-0.4, -0.2) is 58.8 Å². The van der Waals surface area contributed by atoms with Crippen LogP contribution in [0.4, 0.5) is 5.69 Å². The zero-order valence-corrected chi connectivity index (χ0v) is 15.9. The number of benzene rings is 2. The Hall–Kier alpha value is -2.90. The Morgan fingerprint density at radius 2 is 1.82 bits per heavy atom. The number of ether oxygens (including phenoxy) is 1. The van der Waals surface area contributed by atoms with Gasteiger partial charge in [-0.1, -0.05) is 24.3 Å². The molecule has 1 amide bonds. The van der Waals surface area contributed by atoms with E-state index in [0.717, 1.165) is 16.8 Å². The Morgan fingerprint density at radius 3 is 2.50 bits per heavy atom. The van der Waals surface area contributed by atoms with Gasteiger partial charge in [0.15, 0.2) is 0 Å². The molecule has 148 valence electrons. The second kappa shape index (κ2) is 8.41. The van der Waals surface area contributed by atoms with Crippen LogP contribution in [0, 0.1) is 13.8 Å². The molecular weight excluding hydrogens is 360 g/mol. The lowest BCUT2D eigenvalue weighted by Crippen LogP contribution is -2.33. The third-order valence-electron chi connectivity index (χ3n) is 4.79. The predicted molar refractivity (Wildman–Crippen MR) is 105 cm³/mol. The largest absolute Gasteiger partial charge is 0.486 e. The quantitative estimate of drug-likeness (QED) is 0.705. The molecule has 3 N–H and O–H groups in total. The smallest absolute Gasteiger partial charge is 0.335 e. The van der Waals surface area contributed by atoms with Crippen LogP contribution < -0.4 is 10.1 Å². The van der Waals surface area contributed by atoms with Gasteiger partial charge in [0.2, 0.25) is 5.91 Å². The number of aliphatic hydroxyl groups excluding tert-OH is 1. The number of nitrogens with zero attached hydrogens (tertiary/aromatic N) is 1. The van der Waals surface area contributed by atoms with Gasteiger partial charge in [0.1, 0.15) is 18.0 Å². The molecule has 3 rings (SSSR count). The van der Waals surface area contributed by atoms with Gasteiger partial charge in [-0.15, -0.1) is 0 Å². The van der Waals surface area contributed by atoms with Gasteiger partial charge in [0.25, 0.3) is 0 Å². The Bertz CT molecular complexity index is 863. The normalized spacial score (nSPS) is 19.4. The van der Waals surface area contributed by atoms with Gasteiger partial charge in [-0.3, -0.25) is 9.69 Å². The molecule has 1 aliphatic rings. The number of carbonyl (C=O) groups excluding carboxylic acids is 1. The molecule has 1 fully saturated rings. The summed E-state index contributed by atoms with van der Waals surface area (Å²) in [7, 11) is 0. The maximum absolute atomic E-state index is 12.4. The molecule has 0 aromatic heterocycles. The maximum atomic E-state index is 12.4. The highest BCUT2D eigenvalue weighted by Gasteiger charge is 2.34. The van der Waals surface area contributed by atoms with E-state index in [-0.39, 0.29) is 18.0 Å². The Balaban J connectivity index is 1.58. The molecule has 7 nitrogen and oxygen atoms in total. The minimum Gasteiger partial charge on any atom is -0.486 e. The number of hydrogen-bond donors (Lipinski definition) is 3. The van der Waals surface area contributed by atoms with E-state index in [4.69, 9.17) is 9.84 Å². The van der Waals surface area contributed by atoms with Crippen molar-refractivity contribution in [2.75, 3.05) is 25.0 Å². The molecule has 7 heteroatoms. The van der Waals surface area contributed by atoms with Crippen LogP contribution in [0.5, 0.6) is 5.75 Å². The zero-order chi connectivity index (χ0) is 20.3. The summed E-state index contributed by atoms with van der Waals surface area (Å²) in [5, 5.41) is 22.3. The number of carboxylic acids is 1. The van der Waals surface area contributed by atoms with E-state index >= 15 is 0 Å². The van der Waals surface area contributed by atoms with Gasteiger partial charge in [-0.25, -0.2) is 4.79 Å². The number of para-hydroxylation sites is 1. The fourth-order valence-electron chi connectivity index (χ4n) is 3.35. The lowest BCUT2D eigenvalue weighted by Gasteiger charge is -2.18. The number of nitrogens with one attached hydrogen (secondary N) is 1. The third-order valence-corrected chi connectivity index (χ3v) is 4.79. The number of aryl methyl sites for hydroxylation is 2. The summed E-state index contributed by atoms with van der Waals surface area (Å²) in [6, 6.07) is 12.0. The van der Waals surface area contributed by atoms with Crippen molar-refractivity contribution >= 4 is 17.6 Å². The van der Waals surface area contributed by atoms with Crippen molar-refractivity contribution < 1.29 is 24.5 Å². The molecular formula is C21H24N2O5. The average Bonchev–Trinajstić information content (AvgIpc) is 2.97. The topological polar surface area (TPSA) is 99.1 Å². The van der Waals surface area contributed by atoms with Crippen LogP contribution in [0.2, 0.25) is 0 Å². The molecule has 0 aliphatic carbocycles. The third kappa shape index (κ3) is 4.68. The highest BCUT2D eigenvalue weighted by molar-refractivity contribution is 5.93. The molecule has 1 heterocycles. The number of aliphatic hydroxyl groups is 1. The molecule has 0 spiro atoms. The van der Waals surface area contributed by atoms with Crippen molar-refractivity contribution in [3.8, 4) is 5.75 Å². The van der Waals surface area contributed by atoms with Crippen molar-refractivity contribution in [3.05, 3.63) is 59.2 Å². The number of aromatic carboxylic acids is 1. The standard InChI is InChI=1S/C21H24N2O5/c1-13-5-3-6-14(2)20(13)22-19(25)12-23-10-17(24)18(11-23)28-16-8-4-7-15(9-16)21(26)27/h3-9,17-18,24H,10-12H2,1-2H3,(H,22,25)(H,26,27)/t17-,18-/m1/s1. The van der Waals surface area contributed by atoms with Crippen molar-refractivity contribution in [1.29, 1.82) is 0 Å². The maximum Gasteiger partial charge on any atom is 0.335 e. The van der Waals surface area contributed by atoms with E-state index in [0.29, 0.717) is 18.8 Å². The number of likely N-dealkylation sites (tertiary alicyclic amines) is 1. The number of carboxylic acid groups (broad SMARTS) is 1. The summed E-state index contributed by atoms with van der Waals surface area (Å²) in [5.74, 6) is -0.814. The van der Waals surface area contributed by atoms with E-state index in [9.17, 15) is 14.7 Å². The highest BCUT2D eigenvalue weighted by Crippen LogP contribution is 2.22. The lowest BCUT2D eigenvalue weighted by atomic mass is 10.1. The van der Waals surface area contributed by atoms with Gasteiger partial charge in [0.05, 0.1) is 12.1 Å². The number of rotatable bonds is 6. The summed E-state index contributed by atoms with van der Waals surface area (Å²) in [4.78, 5) is 25.3. The molecule has 1 saturated heterocycles. The van der Waals surface area contributed by atoms with E-state index in [1.807, 2.05) is 36.9 Å². The first-order valence-electron chi connectivity index (χ1n) is 9.10. The summed E-state index contributed by atoms with van der Waals surface area (Å²) in [5.41, 5.74) is 2.92. The van der Waals surface area contributed by atoms with Crippen LogP contribution in [0.15, 0.2) is 42.5 Å². The summed E-state index contributed by atoms with van der Waals surface area (Å²) >= 11 is 0. The van der Waals surface area contributed by atoms with Crippen molar-refractivity contribution in [2.45, 2.75) is 26.1 Å². The molecule has 1 aliphatic heterocycles. The van der Waals surface area contributed by atoms with Crippen LogP contribution in [0.1, 0.15) is 21.5 Å². The second-order valence-electron chi connectivity index (χ2n) is 7.07. The number of β-amino-alcohol motifs (C(OH)–C–C–N with tert-alkyl or cyclic N) is 1. The zero-order valence-electron chi connectivity index (χ0n) is 15.9. The van der Waals surface area contributed by atoms with Gasteiger partial charge >= 0.3 is 5.97 Å². The van der Waals surface area contributed by atoms with Crippen LogP contribution in [0.3, 0.4) is 0 Å². The number of amides is 1. The molecule has 0 unspecified atom stereocenters. The predicted octanol–water partition coefficient (Wildman–Crippen LogP) is 2.06. The fourth-order valence-corrected chi connectivity index (χ4v) is 3.35. The van der Waals surface area contributed by atoms with Gasteiger partial charge in [0, 0.05) is 18.8 Å².